The summed E-state index contributed by atoms with van der Waals surface area (Å²) in [5, 5.41) is 0. The van der Waals surface area contributed by atoms with Crippen LogP contribution in [-0.2, 0) is 14.2 Å². The van der Waals surface area contributed by atoms with Crippen LogP contribution in [0.25, 0.3) is 0 Å². The van der Waals surface area contributed by atoms with Crippen molar-refractivity contribution in [3.63, 3.8) is 0 Å². The summed E-state index contributed by atoms with van der Waals surface area (Å²) in [5.74, 6) is 0. The molecule has 0 aliphatic heterocycles. The topological polar surface area (TPSA) is 50.1 Å². The van der Waals surface area contributed by atoms with Crippen molar-refractivity contribution >= 4 is 10.0 Å². The third kappa shape index (κ3) is 3.91. The smallest absolute Gasteiger partial charge is 0.157 e. The van der Waals surface area contributed by atoms with Crippen LogP contribution in [0.15, 0.2) is 0 Å². The first-order chi connectivity index (χ1) is 2.56. The van der Waals surface area contributed by atoms with Crippen LogP contribution >= 0.6 is 0 Å². The molecule has 1 N–H and O–H groups in total. The minimum atomic E-state index is -2.66. The minimum absolute atomic E-state index is 1.22. The molecule has 0 saturated heterocycles. The predicted octanol–water partition coefficient (Wildman–Crippen LogP) is 0.224. The fraction of sp³-hybridized carbons (Fsp3) is 1.00. The molecule has 0 saturated carbocycles. The van der Waals surface area contributed by atoms with Crippen LogP contribution in [0.2, 0.25) is 0 Å². The van der Waals surface area contributed by atoms with Gasteiger partial charge in [0.05, 0.1) is 7.11 Å². The fourth-order valence-corrected chi connectivity index (χ4v) is 0. The van der Waals surface area contributed by atoms with E-state index in [1.807, 2.05) is 0 Å². The Labute approximate surface area is 37.5 Å². The zero-order valence-electron chi connectivity index (χ0n) is 3.72. The van der Waals surface area contributed by atoms with Gasteiger partial charge in [-0.2, -0.15) is 0 Å². The highest BCUT2D eigenvalue weighted by molar-refractivity contribution is 7.87. The minimum Gasteiger partial charge on any atom is -0.289 e. The monoisotopic (exact) mass is 109 g/mol. The maximum Gasteiger partial charge on any atom is 0.157 e. The number of hydrogen-bond donors (Lipinski definition) is 1. The van der Waals surface area contributed by atoms with Gasteiger partial charge in [0.2, 0.25) is 0 Å². The highest BCUT2D eigenvalue weighted by Gasteiger charge is 1.84. The number of nitrogens with one attached hydrogen (secondary N) is 1. The van der Waals surface area contributed by atoms with E-state index in [2.05, 4.69) is 4.18 Å². The van der Waals surface area contributed by atoms with Crippen molar-refractivity contribution < 1.29 is 8.39 Å². The lowest BCUT2D eigenvalue weighted by molar-refractivity contribution is 0.439. The van der Waals surface area contributed by atoms with Gasteiger partial charge in [-0.3, -0.25) is 4.18 Å². The second kappa shape index (κ2) is 1.57. The SMILES string of the molecule is COS(C)(=N)=O. The second-order valence-electron chi connectivity index (χ2n) is 0.939. The summed E-state index contributed by atoms with van der Waals surface area (Å²) in [4.78, 5) is 0. The van der Waals surface area contributed by atoms with E-state index >= 15 is 0 Å². The van der Waals surface area contributed by atoms with Crippen molar-refractivity contribution in [2.24, 2.45) is 0 Å². The van der Waals surface area contributed by atoms with Crippen molar-refractivity contribution in [1.82, 2.24) is 0 Å². The van der Waals surface area contributed by atoms with Crippen LogP contribution in [0.4, 0.5) is 0 Å². The molecule has 4 heteroatoms. The molecular weight excluding hydrogens is 102 g/mol. The standard InChI is InChI=1S/C2H7NO2S/c1-5-6(2,3)4/h3H,1-2H3. The summed E-state index contributed by atoms with van der Waals surface area (Å²) in [5.41, 5.74) is 0. The molecule has 6 heavy (non-hydrogen) atoms. The van der Waals surface area contributed by atoms with Gasteiger partial charge in [0, 0.05) is 6.26 Å². The van der Waals surface area contributed by atoms with E-state index in [1.54, 1.807) is 0 Å². The maximum atomic E-state index is 10.0. The van der Waals surface area contributed by atoms with Crippen molar-refractivity contribution in [2.45, 2.75) is 0 Å². The van der Waals surface area contributed by atoms with E-state index in [-0.39, 0.29) is 0 Å². The first-order valence-corrected chi connectivity index (χ1v) is 3.25. The second-order valence-corrected chi connectivity index (χ2v) is 2.82. The molecule has 0 heterocycles. The van der Waals surface area contributed by atoms with E-state index in [9.17, 15) is 4.21 Å². The molecule has 0 aromatic heterocycles. The molecule has 3 nitrogen and oxygen atoms in total. The average molecular weight is 109 g/mol. The van der Waals surface area contributed by atoms with Crippen molar-refractivity contribution in [3.8, 4) is 0 Å². The quantitative estimate of drug-likeness (QED) is 0.523. The van der Waals surface area contributed by atoms with Crippen LogP contribution in [-0.4, -0.2) is 17.6 Å². The lowest BCUT2D eigenvalue weighted by Gasteiger charge is -1.89. The predicted molar refractivity (Wildman–Crippen MR) is 23.8 cm³/mol. The van der Waals surface area contributed by atoms with Gasteiger partial charge in [-0.25, -0.2) is 8.99 Å². The Morgan fingerprint density at radius 2 is 2.00 bits per heavy atom. The fourth-order valence-electron chi connectivity index (χ4n) is 0. The molecule has 0 bridgehead atoms. The molecule has 0 fully saturated rings. The van der Waals surface area contributed by atoms with Crippen molar-refractivity contribution in [2.75, 3.05) is 13.4 Å². The number of hydrogen-bond acceptors (Lipinski definition) is 3. The summed E-state index contributed by atoms with van der Waals surface area (Å²) in [6.45, 7) is 0. The largest absolute Gasteiger partial charge is 0.289 e. The molecule has 0 aromatic rings. The molecule has 0 aliphatic carbocycles. The molecule has 38 valence electrons. The summed E-state index contributed by atoms with van der Waals surface area (Å²) in [7, 11) is -1.42. The maximum absolute atomic E-state index is 10.0. The Kier molecular flexibility index (Phi) is 1.55. The van der Waals surface area contributed by atoms with E-state index < -0.39 is 10.0 Å². The molecule has 0 spiro atoms. The first-order valence-electron chi connectivity index (χ1n) is 1.35. The van der Waals surface area contributed by atoms with Crippen molar-refractivity contribution in [1.29, 1.82) is 4.78 Å². The van der Waals surface area contributed by atoms with Crippen LogP contribution in [0.3, 0.4) is 0 Å². The Bertz CT molecular complexity index is 114. The van der Waals surface area contributed by atoms with Gasteiger partial charge < -0.3 is 0 Å². The first kappa shape index (κ1) is 5.91. The Balaban J connectivity index is 3.85. The molecule has 0 amide bonds. The normalized spacial score (nSPS) is 19.7. The van der Waals surface area contributed by atoms with E-state index in [4.69, 9.17) is 4.78 Å². The summed E-state index contributed by atoms with van der Waals surface area (Å²) in [6.07, 6.45) is 1.22. The molecule has 0 aliphatic rings. The molecule has 0 radical (unpaired) electrons. The molecule has 1 unspecified atom stereocenters. The van der Waals surface area contributed by atoms with Gasteiger partial charge >= 0.3 is 0 Å². The van der Waals surface area contributed by atoms with Crippen LogP contribution in [0.5, 0.6) is 0 Å². The van der Waals surface area contributed by atoms with Crippen LogP contribution in [0.1, 0.15) is 0 Å². The summed E-state index contributed by atoms with van der Waals surface area (Å²) >= 11 is 0. The summed E-state index contributed by atoms with van der Waals surface area (Å²) in [6, 6.07) is 0. The summed E-state index contributed by atoms with van der Waals surface area (Å²) < 4.78 is 20.6. The molecular formula is C2H7NO2S. The van der Waals surface area contributed by atoms with Crippen LogP contribution < -0.4 is 0 Å². The highest BCUT2D eigenvalue weighted by Crippen LogP contribution is 1.78. The Hall–Kier alpha value is -0.0900. The lowest BCUT2D eigenvalue weighted by atomic mass is 11.8. The van der Waals surface area contributed by atoms with Gasteiger partial charge in [0.1, 0.15) is 0 Å². The van der Waals surface area contributed by atoms with Crippen molar-refractivity contribution in [3.05, 3.63) is 0 Å². The Morgan fingerprint density at radius 3 is 2.00 bits per heavy atom. The van der Waals surface area contributed by atoms with Gasteiger partial charge in [-0.1, -0.05) is 0 Å². The third-order valence-electron chi connectivity index (χ3n) is 0.318. The molecule has 0 aromatic carbocycles. The number of rotatable bonds is 1. The van der Waals surface area contributed by atoms with Gasteiger partial charge in [0.25, 0.3) is 0 Å². The van der Waals surface area contributed by atoms with E-state index in [1.165, 1.54) is 13.4 Å². The zero-order valence-corrected chi connectivity index (χ0v) is 4.54. The molecule has 1 atom stereocenters. The zero-order chi connectivity index (χ0) is 5.21. The van der Waals surface area contributed by atoms with Gasteiger partial charge in [0.15, 0.2) is 10.0 Å². The van der Waals surface area contributed by atoms with E-state index in [0.717, 1.165) is 0 Å². The van der Waals surface area contributed by atoms with Gasteiger partial charge in [-0.05, 0) is 0 Å². The Morgan fingerprint density at radius 1 is 1.83 bits per heavy atom. The van der Waals surface area contributed by atoms with Crippen LogP contribution in [0, 0.1) is 4.78 Å². The third-order valence-corrected chi connectivity index (χ3v) is 0.954. The average Bonchev–Trinajstić information content (AvgIpc) is 1.35. The highest BCUT2D eigenvalue weighted by atomic mass is 32.2. The van der Waals surface area contributed by atoms with E-state index in [0.29, 0.717) is 0 Å². The van der Waals surface area contributed by atoms with Gasteiger partial charge in [-0.15, -0.1) is 0 Å². The lowest BCUT2D eigenvalue weighted by Crippen LogP contribution is -1.93. The molecule has 0 rings (SSSR count).